The molecule has 0 saturated heterocycles. The summed E-state index contributed by atoms with van der Waals surface area (Å²) < 4.78 is 11.1. The second kappa shape index (κ2) is 8.08. The van der Waals surface area contributed by atoms with E-state index in [1.165, 1.54) is 0 Å². The fourth-order valence-corrected chi connectivity index (χ4v) is 2.97. The van der Waals surface area contributed by atoms with E-state index in [2.05, 4.69) is 4.98 Å². The van der Waals surface area contributed by atoms with Gasteiger partial charge in [-0.3, -0.25) is 9.59 Å². The maximum absolute atomic E-state index is 10.9. The Morgan fingerprint density at radius 1 is 0.833 bits per heavy atom. The normalized spacial score (nSPS) is 11.0. The van der Waals surface area contributed by atoms with E-state index in [-0.39, 0.29) is 0 Å². The number of aromatic nitrogens is 1. The molecular weight excluding hydrogens is 386 g/mol. The Morgan fingerprint density at radius 2 is 1.40 bits per heavy atom. The summed E-state index contributed by atoms with van der Waals surface area (Å²) in [5.74, 6) is -3.52. The van der Waals surface area contributed by atoms with Crippen molar-refractivity contribution in [1.82, 2.24) is 4.98 Å². The Kier molecular flexibility index (Phi) is 5.17. The summed E-state index contributed by atoms with van der Waals surface area (Å²) in [6.07, 6.45) is 0. The minimum Gasteiger partial charge on any atom is -0.492 e. The number of hydrogen-bond donors (Lipinski definition) is 2. The van der Waals surface area contributed by atoms with E-state index in [0.717, 1.165) is 27.8 Å². The van der Waals surface area contributed by atoms with Gasteiger partial charge in [-0.05, 0) is 47.5 Å². The van der Waals surface area contributed by atoms with Crippen LogP contribution in [0, 0.1) is 5.92 Å². The third kappa shape index (κ3) is 4.00. The first-order valence-corrected chi connectivity index (χ1v) is 9.16. The van der Waals surface area contributed by atoms with Crippen molar-refractivity contribution >= 4 is 23.0 Å². The van der Waals surface area contributed by atoms with Gasteiger partial charge >= 0.3 is 11.9 Å². The van der Waals surface area contributed by atoms with Gasteiger partial charge in [-0.15, -0.1) is 0 Å². The van der Waals surface area contributed by atoms with Gasteiger partial charge in [0.25, 0.3) is 0 Å². The zero-order chi connectivity index (χ0) is 21.1. The Morgan fingerprint density at radius 3 is 2.00 bits per heavy atom. The number of benzene rings is 3. The van der Waals surface area contributed by atoms with Gasteiger partial charge in [-0.25, -0.2) is 4.98 Å². The molecule has 0 saturated carbocycles. The monoisotopic (exact) mass is 403 g/mol. The summed E-state index contributed by atoms with van der Waals surface area (Å²) in [6, 6.07) is 22.3. The molecule has 7 nitrogen and oxygen atoms in total. The molecule has 0 amide bonds. The highest BCUT2D eigenvalue weighted by molar-refractivity contribution is 5.93. The highest BCUT2D eigenvalue weighted by atomic mass is 16.5. The Hall–Kier alpha value is -4.13. The van der Waals surface area contributed by atoms with Crippen LogP contribution in [0.4, 0.5) is 0 Å². The predicted octanol–water partition coefficient (Wildman–Crippen LogP) is 4.33. The molecule has 0 aliphatic heterocycles. The number of para-hydroxylation sites is 2. The molecule has 3 aromatic carbocycles. The van der Waals surface area contributed by atoms with Gasteiger partial charge in [0.15, 0.2) is 11.5 Å². The van der Waals surface area contributed by atoms with Crippen LogP contribution in [0.25, 0.3) is 33.7 Å². The van der Waals surface area contributed by atoms with E-state index in [0.29, 0.717) is 11.6 Å². The standard InChI is InChI=1S/C23H17NO6/c25-22(26)18(23(27)28)13-29-17-11-9-15(10-12-17)14-5-7-16(8-6-14)21-24-19-3-1-2-4-20(19)30-21/h1-12,18H,13H2,(H,25,26)(H,27,28). The van der Waals surface area contributed by atoms with Crippen LogP contribution < -0.4 is 4.74 Å². The van der Waals surface area contributed by atoms with Crippen LogP contribution in [-0.4, -0.2) is 33.7 Å². The van der Waals surface area contributed by atoms with Gasteiger partial charge in [-0.1, -0.05) is 36.4 Å². The van der Waals surface area contributed by atoms with Gasteiger partial charge in [0.1, 0.15) is 17.9 Å². The molecule has 4 aromatic rings. The highest BCUT2D eigenvalue weighted by Gasteiger charge is 2.26. The summed E-state index contributed by atoms with van der Waals surface area (Å²) in [5.41, 5.74) is 4.30. The second-order valence-corrected chi connectivity index (χ2v) is 6.63. The second-order valence-electron chi connectivity index (χ2n) is 6.63. The van der Waals surface area contributed by atoms with Crippen LogP contribution in [0.15, 0.2) is 77.2 Å². The van der Waals surface area contributed by atoms with Crippen LogP contribution in [0.1, 0.15) is 0 Å². The first kappa shape index (κ1) is 19.2. The van der Waals surface area contributed by atoms with E-state index in [1.54, 1.807) is 12.1 Å². The van der Waals surface area contributed by atoms with Gasteiger partial charge in [-0.2, -0.15) is 0 Å². The lowest BCUT2D eigenvalue weighted by Crippen LogP contribution is -2.29. The maximum atomic E-state index is 10.9. The lowest BCUT2D eigenvalue weighted by Gasteiger charge is -2.10. The number of carboxylic acids is 2. The van der Waals surface area contributed by atoms with Gasteiger partial charge in [0.2, 0.25) is 5.89 Å². The third-order valence-corrected chi connectivity index (χ3v) is 4.63. The zero-order valence-electron chi connectivity index (χ0n) is 15.7. The molecule has 150 valence electrons. The minimum absolute atomic E-state index is 0.398. The predicted molar refractivity (Wildman–Crippen MR) is 109 cm³/mol. The molecule has 2 N–H and O–H groups in total. The average molecular weight is 403 g/mol. The van der Waals surface area contributed by atoms with E-state index in [1.807, 2.05) is 60.7 Å². The number of fused-ring (bicyclic) bond motifs is 1. The summed E-state index contributed by atoms with van der Waals surface area (Å²) >= 11 is 0. The van der Waals surface area contributed by atoms with Crippen molar-refractivity contribution in [3.8, 4) is 28.3 Å². The molecule has 0 aliphatic rings. The first-order valence-electron chi connectivity index (χ1n) is 9.16. The Balaban J connectivity index is 1.46. The van der Waals surface area contributed by atoms with Crippen LogP contribution in [0.5, 0.6) is 5.75 Å². The summed E-state index contributed by atoms with van der Waals surface area (Å²) in [6.45, 7) is -0.441. The van der Waals surface area contributed by atoms with Crippen LogP contribution >= 0.6 is 0 Å². The first-order chi connectivity index (χ1) is 14.5. The van der Waals surface area contributed by atoms with Crippen molar-refractivity contribution in [2.24, 2.45) is 5.92 Å². The SMILES string of the molecule is O=C(O)C(COc1ccc(-c2ccc(-c3nc4ccccc4o3)cc2)cc1)C(=O)O. The van der Waals surface area contributed by atoms with Gasteiger partial charge in [0, 0.05) is 5.56 Å². The molecule has 0 radical (unpaired) electrons. The van der Waals surface area contributed by atoms with Crippen molar-refractivity contribution in [3.05, 3.63) is 72.8 Å². The molecular formula is C23H17NO6. The molecule has 0 spiro atoms. The fourth-order valence-electron chi connectivity index (χ4n) is 2.97. The van der Waals surface area contributed by atoms with Crippen molar-refractivity contribution in [2.75, 3.05) is 6.61 Å². The Bertz CT molecular complexity index is 1150. The molecule has 4 rings (SSSR count). The number of carbonyl (C=O) groups is 2. The van der Waals surface area contributed by atoms with Crippen LogP contribution in [0.3, 0.4) is 0 Å². The van der Waals surface area contributed by atoms with Crippen LogP contribution in [0.2, 0.25) is 0 Å². The lowest BCUT2D eigenvalue weighted by atomic mass is 10.0. The highest BCUT2D eigenvalue weighted by Crippen LogP contribution is 2.28. The molecule has 0 unspecified atom stereocenters. The third-order valence-electron chi connectivity index (χ3n) is 4.63. The van der Waals surface area contributed by atoms with Gasteiger partial charge < -0.3 is 19.4 Å². The van der Waals surface area contributed by atoms with E-state index in [4.69, 9.17) is 19.4 Å². The minimum atomic E-state index is -1.61. The molecule has 0 atom stereocenters. The molecule has 1 aromatic heterocycles. The smallest absolute Gasteiger partial charge is 0.321 e. The largest absolute Gasteiger partial charge is 0.492 e. The summed E-state index contributed by atoms with van der Waals surface area (Å²) in [5, 5.41) is 17.8. The Labute approximate surface area is 171 Å². The van der Waals surface area contributed by atoms with E-state index >= 15 is 0 Å². The van der Waals surface area contributed by atoms with Crippen molar-refractivity contribution in [1.29, 1.82) is 0 Å². The molecule has 1 heterocycles. The summed E-state index contributed by atoms with van der Waals surface area (Å²) in [4.78, 5) is 26.3. The summed E-state index contributed by atoms with van der Waals surface area (Å²) in [7, 11) is 0. The number of ether oxygens (including phenoxy) is 1. The number of nitrogens with zero attached hydrogens (tertiary/aromatic N) is 1. The average Bonchev–Trinajstić information content (AvgIpc) is 3.18. The number of hydrogen-bond acceptors (Lipinski definition) is 5. The molecule has 0 bridgehead atoms. The molecule has 0 aliphatic carbocycles. The molecule has 30 heavy (non-hydrogen) atoms. The number of rotatable bonds is 7. The number of aliphatic carboxylic acids is 2. The topological polar surface area (TPSA) is 110 Å². The number of carboxylic acid groups (broad SMARTS) is 2. The van der Waals surface area contributed by atoms with E-state index in [9.17, 15) is 9.59 Å². The van der Waals surface area contributed by atoms with Crippen LogP contribution in [-0.2, 0) is 9.59 Å². The zero-order valence-corrected chi connectivity index (χ0v) is 15.7. The molecule has 0 fully saturated rings. The van der Waals surface area contributed by atoms with Crippen molar-refractivity contribution < 1.29 is 29.0 Å². The quantitative estimate of drug-likeness (QED) is 0.442. The fraction of sp³-hybridized carbons (Fsp3) is 0.0870. The van der Waals surface area contributed by atoms with Crippen molar-refractivity contribution in [3.63, 3.8) is 0 Å². The van der Waals surface area contributed by atoms with Crippen molar-refractivity contribution in [2.45, 2.75) is 0 Å². The maximum Gasteiger partial charge on any atom is 0.321 e. The van der Waals surface area contributed by atoms with Gasteiger partial charge in [0.05, 0.1) is 0 Å². The van der Waals surface area contributed by atoms with E-state index < -0.39 is 24.5 Å². The number of oxazole rings is 1. The lowest BCUT2D eigenvalue weighted by molar-refractivity contribution is -0.155. The molecule has 7 heteroatoms.